The number of furan rings is 1. The summed E-state index contributed by atoms with van der Waals surface area (Å²) in [6, 6.07) is 0.900. The van der Waals surface area contributed by atoms with Gasteiger partial charge in [0.15, 0.2) is 4.67 Å². The van der Waals surface area contributed by atoms with Crippen LogP contribution in [0.3, 0.4) is 0 Å². The number of sulfonamides is 1. The van der Waals surface area contributed by atoms with Gasteiger partial charge in [0.2, 0.25) is 11.7 Å². The zero-order chi connectivity index (χ0) is 13.3. The van der Waals surface area contributed by atoms with Crippen molar-refractivity contribution in [2.45, 2.75) is 4.90 Å². The van der Waals surface area contributed by atoms with E-state index in [1.165, 1.54) is 12.4 Å². The first-order chi connectivity index (χ1) is 8.40. The predicted molar refractivity (Wildman–Crippen MR) is 62.8 cm³/mol. The van der Waals surface area contributed by atoms with Gasteiger partial charge in [-0.3, -0.25) is 0 Å². The van der Waals surface area contributed by atoms with Crippen molar-refractivity contribution in [3.63, 3.8) is 0 Å². The molecule has 0 amide bonds. The molecule has 0 aliphatic rings. The van der Waals surface area contributed by atoms with Crippen molar-refractivity contribution in [2.75, 3.05) is 4.72 Å². The van der Waals surface area contributed by atoms with Gasteiger partial charge in [0.05, 0.1) is 0 Å². The second-order valence-corrected chi connectivity index (χ2v) is 5.47. The first-order valence-corrected chi connectivity index (χ1v) is 6.72. The summed E-state index contributed by atoms with van der Waals surface area (Å²) in [5, 5.41) is 8.70. The molecule has 0 spiro atoms. The van der Waals surface area contributed by atoms with Crippen LogP contribution in [-0.2, 0) is 10.0 Å². The van der Waals surface area contributed by atoms with Crippen molar-refractivity contribution < 1.29 is 22.7 Å². The molecule has 0 fully saturated rings. The van der Waals surface area contributed by atoms with Crippen molar-refractivity contribution in [2.24, 2.45) is 0 Å². The molecule has 0 saturated carbocycles. The van der Waals surface area contributed by atoms with Crippen molar-refractivity contribution in [1.82, 2.24) is 9.97 Å². The molecule has 96 valence electrons. The van der Waals surface area contributed by atoms with Crippen LogP contribution in [0.1, 0.15) is 10.6 Å². The summed E-state index contributed by atoms with van der Waals surface area (Å²) in [4.78, 5) is 16.6. The molecule has 0 saturated heterocycles. The Labute approximate surface area is 109 Å². The minimum Gasteiger partial charge on any atom is -0.475 e. The Morgan fingerprint density at radius 1 is 1.56 bits per heavy atom. The highest BCUT2D eigenvalue weighted by molar-refractivity contribution is 9.10. The number of nitrogens with one attached hydrogen (secondary N) is 2. The van der Waals surface area contributed by atoms with E-state index in [1.54, 1.807) is 0 Å². The molecule has 2 heterocycles. The SMILES string of the molecule is O=C(O)c1cc(S(=O)(=O)Nc2ncc[nH]2)c(Br)o1. The molecule has 2 rings (SSSR count). The number of hydrogen-bond donors (Lipinski definition) is 3. The minimum atomic E-state index is -3.97. The lowest BCUT2D eigenvalue weighted by Crippen LogP contribution is -2.13. The number of hydrogen-bond acceptors (Lipinski definition) is 5. The lowest BCUT2D eigenvalue weighted by molar-refractivity contribution is 0.0661. The molecule has 0 unspecified atom stereocenters. The summed E-state index contributed by atoms with van der Waals surface area (Å²) in [5.74, 6) is -1.84. The Morgan fingerprint density at radius 2 is 2.28 bits per heavy atom. The molecule has 3 N–H and O–H groups in total. The van der Waals surface area contributed by atoms with Gasteiger partial charge in [0.1, 0.15) is 4.90 Å². The fraction of sp³-hybridized carbons (Fsp3) is 0. The Balaban J connectivity index is 2.38. The summed E-state index contributed by atoms with van der Waals surface area (Å²) < 4.78 is 30.5. The molecule has 0 radical (unpaired) electrons. The van der Waals surface area contributed by atoms with E-state index >= 15 is 0 Å². The van der Waals surface area contributed by atoms with Crippen molar-refractivity contribution in [1.29, 1.82) is 0 Å². The molecule has 18 heavy (non-hydrogen) atoms. The Kier molecular flexibility index (Phi) is 3.13. The van der Waals surface area contributed by atoms with E-state index in [-0.39, 0.29) is 15.5 Å². The molecule has 0 aliphatic carbocycles. The van der Waals surface area contributed by atoms with E-state index < -0.39 is 21.8 Å². The maximum atomic E-state index is 11.9. The fourth-order valence-electron chi connectivity index (χ4n) is 1.14. The number of nitrogens with zero attached hydrogens (tertiary/aromatic N) is 1. The van der Waals surface area contributed by atoms with E-state index in [4.69, 9.17) is 9.52 Å². The van der Waals surface area contributed by atoms with Gasteiger partial charge in [-0.1, -0.05) is 0 Å². The van der Waals surface area contributed by atoms with Gasteiger partial charge < -0.3 is 14.5 Å². The maximum absolute atomic E-state index is 11.9. The van der Waals surface area contributed by atoms with Crippen molar-refractivity contribution in [3.05, 3.63) is 28.9 Å². The third-order valence-electron chi connectivity index (χ3n) is 1.89. The highest BCUT2D eigenvalue weighted by atomic mass is 79.9. The summed E-state index contributed by atoms with van der Waals surface area (Å²) in [5.41, 5.74) is 0. The number of anilines is 1. The number of halogens is 1. The van der Waals surface area contributed by atoms with Gasteiger partial charge in [0, 0.05) is 18.5 Å². The smallest absolute Gasteiger partial charge is 0.371 e. The third kappa shape index (κ3) is 2.38. The van der Waals surface area contributed by atoms with E-state index in [9.17, 15) is 13.2 Å². The molecule has 8 nitrogen and oxygen atoms in total. The molecule has 10 heteroatoms. The van der Waals surface area contributed by atoms with E-state index in [0.29, 0.717) is 0 Å². The second-order valence-electron chi connectivity index (χ2n) is 3.10. The minimum absolute atomic E-state index is 0.0139. The number of rotatable bonds is 4. The van der Waals surface area contributed by atoms with E-state index in [1.807, 2.05) is 0 Å². The molecule has 2 aromatic rings. The van der Waals surface area contributed by atoms with Gasteiger partial charge in [-0.2, -0.15) is 0 Å². The molecular formula is C8H6BrN3O5S. The summed E-state index contributed by atoms with van der Waals surface area (Å²) in [7, 11) is -3.97. The molecule has 0 aromatic carbocycles. The molecule has 0 bridgehead atoms. The standard InChI is InChI=1S/C8H6BrN3O5S/c9-6-5(3-4(17-6)7(13)14)18(15,16)12-8-10-1-2-11-8/h1-3H,(H,13,14)(H2,10,11,12). The average molecular weight is 336 g/mol. The van der Waals surface area contributed by atoms with E-state index in [0.717, 1.165) is 6.07 Å². The van der Waals surface area contributed by atoms with Gasteiger partial charge >= 0.3 is 5.97 Å². The predicted octanol–water partition coefficient (Wildman–Crippen LogP) is 1.26. The zero-order valence-electron chi connectivity index (χ0n) is 8.55. The van der Waals surface area contributed by atoms with Crippen LogP contribution in [0, 0.1) is 0 Å². The number of carboxylic acid groups (broad SMARTS) is 1. The van der Waals surface area contributed by atoms with Gasteiger partial charge in [-0.15, -0.1) is 0 Å². The number of carbonyl (C=O) groups is 1. The van der Waals surface area contributed by atoms with Gasteiger partial charge in [-0.25, -0.2) is 22.9 Å². The lowest BCUT2D eigenvalue weighted by Gasteiger charge is -2.02. The van der Waals surface area contributed by atoms with Crippen molar-refractivity contribution in [3.8, 4) is 0 Å². The van der Waals surface area contributed by atoms with Gasteiger partial charge in [0.25, 0.3) is 10.0 Å². The quantitative estimate of drug-likeness (QED) is 0.772. The maximum Gasteiger partial charge on any atom is 0.371 e. The number of aromatic amines is 1. The van der Waals surface area contributed by atoms with E-state index in [2.05, 4.69) is 30.6 Å². The first-order valence-electron chi connectivity index (χ1n) is 4.45. The Hall–Kier alpha value is -1.81. The number of aromatic carboxylic acids is 1. The number of carboxylic acids is 1. The second kappa shape index (κ2) is 4.46. The summed E-state index contributed by atoms with van der Waals surface area (Å²) in [6.45, 7) is 0. The molecule has 0 aliphatic heterocycles. The molecule has 2 aromatic heterocycles. The Morgan fingerprint density at radius 3 is 2.78 bits per heavy atom. The number of imidazole rings is 1. The normalized spacial score (nSPS) is 11.4. The van der Waals surface area contributed by atoms with Gasteiger partial charge in [-0.05, 0) is 15.9 Å². The largest absolute Gasteiger partial charge is 0.475 e. The summed E-state index contributed by atoms with van der Waals surface area (Å²) in [6.07, 6.45) is 2.80. The highest BCUT2D eigenvalue weighted by Gasteiger charge is 2.25. The van der Waals surface area contributed by atoms with Crippen LogP contribution < -0.4 is 4.72 Å². The van der Waals surface area contributed by atoms with Crippen LogP contribution in [0.2, 0.25) is 0 Å². The number of aromatic nitrogens is 2. The Bertz CT molecular complexity index is 676. The topological polar surface area (TPSA) is 125 Å². The lowest BCUT2D eigenvalue weighted by atomic mass is 10.5. The van der Waals surface area contributed by atoms with Crippen LogP contribution in [-0.4, -0.2) is 29.5 Å². The third-order valence-corrected chi connectivity index (χ3v) is 4.08. The zero-order valence-corrected chi connectivity index (χ0v) is 10.9. The molecular weight excluding hydrogens is 330 g/mol. The van der Waals surface area contributed by atoms with Crippen LogP contribution in [0.25, 0.3) is 0 Å². The fourth-order valence-corrected chi connectivity index (χ4v) is 3.06. The number of H-pyrrole nitrogens is 1. The van der Waals surface area contributed by atoms with Crippen LogP contribution in [0.15, 0.2) is 32.4 Å². The van der Waals surface area contributed by atoms with Crippen LogP contribution in [0.5, 0.6) is 0 Å². The van der Waals surface area contributed by atoms with Crippen molar-refractivity contribution >= 4 is 37.9 Å². The summed E-state index contributed by atoms with van der Waals surface area (Å²) >= 11 is 2.85. The highest BCUT2D eigenvalue weighted by Crippen LogP contribution is 2.27. The molecule has 0 atom stereocenters. The average Bonchev–Trinajstić information content (AvgIpc) is 2.86. The monoisotopic (exact) mass is 335 g/mol. The van der Waals surface area contributed by atoms with Crippen LogP contribution in [0.4, 0.5) is 5.95 Å². The first kappa shape index (κ1) is 12.6. The van der Waals surface area contributed by atoms with Crippen LogP contribution >= 0.6 is 15.9 Å².